The number of thioether (sulfide) groups is 1. The lowest BCUT2D eigenvalue weighted by Gasteiger charge is -2.21. The summed E-state index contributed by atoms with van der Waals surface area (Å²) < 4.78 is 0. The smallest absolute Gasteiger partial charge is 0.254 e. The van der Waals surface area contributed by atoms with Crippen molar-refractivity contribution >= 4 is 23.4 Å². The molecule has 0 radical (unpaired) electrons. The number of aromatic nitrogens is 2. The van der Waals surface area contributed by atoms with Gasteiger partial charge in [-0.25, -0.2) is 4.98 Å². The Labute approximate surface area is 145 Å². The Balaban J connectivity index is 2.14. The number of para-hydroxylation sites is 1. The second-order valence-corrected chi connectivity index (χ2v) is 6.06. The second kappa shape index (κ2) is 8.49. The van der Waals surface area contributed by atoms with Crippen LogP contribution in [0.3, 0.4) is 0 Å². The first-order valence-electron chi connectivity index (χ1n) is 7.67. The van der Waals surface area contributed by atoms with Crippen LogP contribution in [0.5, 0.6) is 0 Å². The molecule has 0 aliphatic carbocycles. The Kier molecular flexibility index (Phi) is 6.37. The number of hydrogen-bond donors (Lipinski definition) is 1. The zero-order valence-corrected chi connectivity index (χ0v) is 14.7. The van der Waals surface area contributed by atoms with Crippen LogP contribution in [0.1, 0.15) is 17.7 Å². The highest BCUT2D eigenvalue weighted by atomic mass is 32.2. The maximum Gasteiger partial charge on any atom is 0.254 e. The minimum Gasteiger partial charge on any atom is -0.309 e. The molecular formula is C18H21N3O2S. The summed E-state index contributed by atoms with van der Waals surface area (Å²) >= 11 is 1.39. The number of nitrogens with zero attached hydrogens (tertiary/aromatic N) is 2. The maximum atomic E-state index is 12.6. The van der Waals surface area contributed by atoms with Gasteiger partial charge < -0.3 is 9.88 Å². The molecule has 0 saturated carbocycles. The van der Waals surface area contributed by atoms with Gasteiger partial charge >= 0.3 is 0 Å². The molecule has 2 aromatic rings. The fourth-order valence-electron chi connectivity index (χ4n) is 2.43. The molecule has 0 saturated heterocycles. The summed E-state index contributed by atoms with van der Waals surface area (Å²) in [5.41, 5.74) is 1.89. The van der Waals surface area contributed by atoms with Gasteiger partial charge in [0.2, 0.25) is 5.91 Å². The third-order valence-corrected chi connectivity index (χ3v) is 4.24. The molecule has 1 heterocycles. The average Bonchev–Trinajstić information content (AvgIpc) is 2.59. The molecule has 1 aromatic carbocycles. The van der Waals surface area contributed by atoms with Gasteiger partial charge in [0.1, 0.15) is 0 Å². The van der Waals surface area contributed by atoms with Crippen molar-refractivity contribution in [2.45, 2.75) is 24.9 Å². The number of rotatable bonds is 7. The second-order valence-electron chi connectivity index (χ2n) is 5.27. The van der Waals surface area contributed by atoms with Crippen LogP contribution in [0.4, 0.5) is 5.69 Å². The first-order valence-corrected chi connectivity index (χ1v) is 8.89. The van der Waals surface area contributed by atoms with Crippen LogP contribution >= 0.6 is 11.8 Å². The molecule has 0 aliphatic rings. The van der Waals surface area contributed by atoms with E-state index in [0.717, 1.165) is 5.69 Å². The van der Waals surface area contributed by atoms with Crippen LogP contribution in [0.25, 0.3) is 0 Å². The van der Waals surface area contributed by atoms with Gasteiger partial charge in [-0.3, -0.25) is 9.59 Å². The van der Waals surface area contributed by atoms with Crippen LogP contribution in [-0.4, -0.2) is 28.7 Å². The third-order valence-electron chi connectivity index (χ3n) is 3.66. The monoisotopic (exact) mass is 343 g/mol. The van der Waals surface area contributed by atoms with Crippen molar-refractivity contribution in [3.05, 3.63) is 64.6 Å². The molecular weight excluding hydrogens is 322 g/mol. The normalized spacial score (nSPS) is 10.4. The van der Waals surface area contributed by atoms with Crippen molar-refractivity contribution in [2.75, 3.05) is 17.7 Å². The van der Waals surface area contributed by atoms with Crippen molar-refractivity contribution in [3.63, 3.8) is 0 Å². The Morgan fingerprint density at radius 2 is 2.08 bits per heavy atom. The number of amides is 1. The van der Waals surface area contributed by atoms with Gasteiger partial charge in [0.05, 0.1) is 0 Å². The van der Waals surface area contributed by atoms with E-state index in [4.69, 9.17) is 0 Å². The largest absolute Gasteiger partial charge is 0.309 e. The summed E-state index contributed by atoms with van der Waals surface area (Å²) in [5, 5.41) is 0.588. The SMILES string of the molecule is C=CCN(C(=O)CCc1c(C)nc(SC)[nH]c1=O)c1ccccc1. The predicted molar refractivity (Wildman–Crippen MR) is 98.7 cm³/mol. The third kappa shape index (κ3) is 4.35. The fraction of sp³-hybridized carbons (Fsp3) is 0.278. The van der Waals surface area contributed by atoms with E-state index in [2.05, 4.69) is 16.5 Å². The highest BCUT2D eigenvalue weighted by molar-refractivity contribution is 7.98. The van der Waals surface area contributed by atoms with Crippen LogP contribution < -0.4 is 10.5 Å². The maximum absolute atomic E-state index is 12.6. The highest BCUT2D eigenvalue weighted by Gasteiger charge is 2.16. The van der Waals surface area contributed by atoms with Gasteiger partial charge in [-0.05, 0) is 31.7 Å². The molecule has 0 aliphatic heterocycles. The molecule has 2 rings (SSSR count). The molecule has 1 amide bonds. The number of carbonyl (C=O) groups is 1. The first-order chi connectivity index (χ1) is 11.6. The Hall–Kier alpha value is -2.34. The van der Waals surface area contributed by atoms with E-state index in [9.17, 15) is 9.59 Å². The van der Waals surface area contributed by atoms with Gasteiger partial charge in [-0.1, -0.05) is 36.0 Å². The average molecular weight is 343 g/mol. The minimum absolute atomic E-state index is 0.0474. The number of anilines is 1. The highest BCUT2D eigenvalue weighted by Crippen LogP contribution is 2.16. The molecule has 24 heavy (non-hydrogen) atoms. The topological polar surface area (TPSA) is 66.1 Å². The molecule has 0 spiro atoms. The zero-order valence-electron chi connectivity index (χ0n) is 13.9. The van der Waals surface area contributed by atoms with Gasteiger partial charge in [-0.2, -0.15) is 0 Å². The minimum atomic E-state index is -0.172. The molecule has 0 unspecified atom stereocenters. The van der Waals surface area contributed by atoms with E-state index in [1.165, 1.54) is 11.8 Å². The number of nitrogens with one attached hydrogen (secondary N) is 1. The van der Waals surface area contributed by atoms with E-state index < -0.39 is 0 Å². The van der Waals surface area contributed by atoms with Crippen molar-refractivity contribution in [1.29, 1.82) is 0 Å². The summed E-state index contributed by atoms with van der Waals surface area (Å²) in [6, 6.07) is 9.45. The standard InChI is InChI=1S/C18H21N3O2S/c1-4-12-21(14-8-6-5-7-9-14)16(22)11-10-15-13(2)19-18(24-3)20-17(15)23/h4-9H,1,10-12H2,2-3H3,(H,19,20,23). The van der Waals surface area contributed by atoms with Crippen LogP contribution in [0.2, 0.25) is 0 Å². The first kappa shape index (κ1) is 18.0. The number of H-pyrrole nitrogens is 1. The van der Waals surface area contributed by atoms with Gasteiger partial charge in [0.25, 0.3) is 5.56 Å². The molecule has 5 nitrogen and oxygen atoms in total. The summed E-state index contributed by atoms with van der Waals surface area (Å²) in [7, 11) is 0. The number of hydrogen-bond acceptors (Lipinski definition) is 4. The van der Waals surface area contributed by atoms with Crippen molar-refractivity contribution in [2.24, 2.45) is 0 Å². The van der Waals surface area contributed by atoms with Gasteiger partial charge in [-0.15, -0.1) is 6.58 Å². The molecule has 0 bridgehead atoms. The number of aryl methyl sites for hydroxylation is 1. The Morgan fingerprint density at radius 1 is 1.38 bits per heavy atom. The Morgan fingerprint density at radius 3 is 2.67 bits per heavy atom. The van der Waals surface area contributed by atoms with Crippen molar-refractivity contribution in [3.8, 4) is 0 Å². The van der Waals surface area contributed by atoms with E-state index in [1.54, 1.807) is 17.9 Å². The predicted octanol–water partition coefficient (Wildman–Crippen LogP) is 2.95. The molecule has 1 N–H and O–H groups in total. The Bertz CT molecular complexity index is 772. The lowest BCUT2D eigenvalue weighted by Crippen LogP contribution is -2.31. The molecule has 1 aromatic heterocycles. The fourth-order valence-corrected chi connectivity index (χ4v) is 2.85. The number of benzene rings is 1. The zero-order chi connectivity index (χ0) is 17.5. The lowest BCUT2D eigenvalue weighted by atomic mass is 10.1. The van der Waals surface area contributed by atoms with Crippen LogP contribution in [-0.2, 0) is 11.2 Å². The molecule has 126 valence electrons. The summed E-state index contributed by atoms with van der Waals surface area (Å²) in [5.74, 6) is -0.0474. The van der Waals surface area contributed by atoms with E-state index in [1.807, 2.05) is 36.6 Å². The molecule has 6 heteroatoms. The van der Waals surface area contributed by atoms with Crippen LogP contribution in [0.15, 0.2) is 52.9 Å². The summed E-state index contributed by atoms with van der Waals surface area (Å²) in [4.78, 5) is 33.5. The molecule has 0 fully saturated rings. The summed E-state index contributed by atoms with van der Waals surface area (Å²) in [6.45, 7) is 5.94. The van der Waals surface area contributed by atoms with Crippen LogP contribution in [0, 0.1) is 6.92 Å². The lowest BCUT2D eigenvalue weighted by molar-refractivity contribution is -0.118. The van der Waals surface area contributed by atoms with E-state index >= 15 is 0 Å². The van der Waals surface area contributed by atoms with E-state index in [0.29, 0.717) is 29.4 Å². The van der Waals surface area contributed by atoms with Crippen molar-refractivity contribution < 1.29 is 4.79 Å². The van der Waals surface area contributed by atoms with E-state index in [-0.39, 0.29) is 17.9 Å². The van der Waals surface area contributed by atoms with Crippen molar-refractivity contribution in [1.82, 2.24) is 9.97 Å². The summed E-state index contributed by atoms with van der Waals surface area (Å²) in [6.07, 6.45) is 4.15. The molecule has 0 atom stereocenters. The quantitative estimate of drug-likeness (QED) is 0.477. The number of aromatic amines is 1. The van der Waals surface area contributed by atoms with Gasteiger partial charge in [0.15, 0.2) is 5.16 Å². The number of carbonyl (C=O) groups excluding carboxylic acids is 1. The van der Waals surface area contributed by atoms with Gasteiger partial charge in [0, 0.05) is 29.9 Å².